The molecule has 0 aliphatic heterocycles. The lowest BCUT2D eigenvalue weighted by Gasteiger charge is -2.24. The highest BCUT2D eigenvalue weighted by atomic mass is 32.1. The molecule has 2 aromatic heterocycles. The summed E-state index contributed by atoms with van der Waals surface area (Å²) in [5.41, 5.74) is 6.30. The maximum atomic E-state index is 6.29. The largest absolute Gasteiger partial charge is 0.321 e. The average Bonchev–Trinajstić information content (AvgIpc) is 3.01. The van der Waals surface area contributed by atoms with Crippen LogP contribution in [-0.4, -0.2) is 19.8 Å². The van der Waals surface area contributed by atoms with Crippen LogP contribution in [0.25, 0.3) is 4.96 Å². The molecule has 1 fully saturated rings. The minimum Gasteiger partial charge on any atom is -0.321 e. The number of nitrogens with two attached hydrogens (primary N) is 1. The van der Waals surface area contributed by atoms with Crippen molar-refractivity contribution in [1.82, 2.24) is 19.8 Å². The van der Waals surface area contributed by atoms with E-state index in [1.807, 2.05) is 4.52 Å². The molecule has 1 aliphatic rings. The zero-order valence-electron chi connectivity index (χ0n) is 11.8. The lowest BCUT2D eigenvalue weighted by atomic mass is 9.88. The summed E-state index contributed by atoms with van der Waals surface area (Å²) < 4.78 is 1.92. The Labute approximate surface area is 117 Å². The van der Waals surface area contributed by atoms with Crippen LogP contribution in [0.2, 0.25) is 0 Å². The van der Waals surface area contributed by atoms with Gasteiger partial charge in [-0.1, -0.05) is 44.9 Å². The van der Waals surface area contributed by atoms with Crippen LogP contribution in [0.3, 0.4) is 0 Å². The molecule has 0 radical (unpaired) electrons. The lowest BCUT2D eigenvalue weighted by Crippen LogP contribution is -2.26. The summed E-state index contributed by atoms with van der Waals surface area (Å²) in [5.74, 6) is 1.55. The average molecular weight is 279 g/mol. The van der Waals surface area contributed by atoms with Gasteiger partial charge in [0.15, 0.2) is 5.82 Å². The molecule has 6 heteroatoms. The summed E-state index contributed by atoms with van der Waals surface area (Å²) in [6.07, 6.45) is 4.99. The number of hydrogen-bond acceptors (Lipinski definition) is 5. The molecule has 0 bridgehead atoms. The fourth-order valence-corrected chi connectivity index (χ4v) is 3.67. The Kier molecular flexibility index (Phi) is 3.09. The maximum absolute atomic E-state index is 6.29. The van der Waals surface area contributed by atoms with Crippen molar-refractivity contribution >= 4 is 16.3 Å². The Hall–Kier alpha value is -1.01. The molecule has 0 saturated heterocycles. The predicted octanol–water partition coefficient (Wildman–Crippen LogP) is 2.89. The zero-order chi connectivity index (χ0) is 13.6. The topological polar surface area (TPSA) is 69.1 Å². The number of hydrogen-bond donors (Lipinski definition) is 1. The van der Waals surface area contributed by atoms with Crippen molar-refractivity contribution in [3.63, 3.8) is 0 Å². The number of fused-ring (bicyclic) bond motifs is 1. The second kappa shape index (κ2) is 4.52. The van der Waals surface area contributed by atoms with Gasteiger partial charge in [0.05, 0.1) is 6.04 Å². The molecule has 104 valence electrons. The van der Waals surface area contributed by atoms with Gasteiger partial charge in [-0.2, -0.15) is 9.61 Å². The van der Waals surface area contributed by atoms with E-state index in [0.717, 1.165) is 15.8 Å². The molecule has 2 aromatic rings. The summed E-state index contributed by atoms with van der Waals surface area (Å²) >= 11 is 1.57. The van der Waals surface area contributed by atoms with Crippen LogP contribution in [-0.2, 0) is 0 Å². The van der Waals surface area contributed by atoms with Crippen LogP contribution >= 0.6 is 11.3 Å². The minimum atomic E-state index is -0.0596. The van der Waals surface area contributed by atoms with E-state index in [0.29, 0.717) is 5.92 Å². The van der Waals surface area contributed by atoms with Crippen molar-refractivity contribution in [2.24, 2.45) is 11.1 Å². The van der Waals surface area contributed by atoms with Gasteiger partial charge in [0.1, 0.15) is 5.01 Å². The summed E-state index contributed by atoms with van der Waals surface area (Å²) in [6, 6.07) is -0.0596. The molecule has 0 spiro atoms. The van der Waals surface area contributed by atoms with Gasteiger partial charge in [0.25, 0.3) is 0 Å². The SMILES string of the molecule is CC(C)(C)C(N)c1nn2c(C3CCCC3)nnc2s1. The van der Waals surface area contributed by atoms with E-state index < -0.39 is 0 Å². The first-order chi connectivity index (χ1) is 8.97. The molecule has 2 heterocycles. The van der Waals surface area contributed by atoms with Crippen molar-refractivity contribution in [2.45, 2.75) is 58.4 Å². The second-order valence-corrected chi connectivity index (χ2v) is 7.51. The van der Waals surface area contributed by atoms with Gasteiger partial charge in [0, 0.05) is 5.92 Å². The molecule has 3 rings (SSSR count). The fourth-order valence-electron chi connectivity index (χ4n) is 2.58. The summed E-state index contributed by atoms with van der Waals surface area (Å²) in [7, 11) is 0. The molecule has 1 saturated carbocycles. The molecule has 5 nitrogen and oxygen atoms in total. The van der Waals surface area contributed by atoms with Crippen LogP contribution < -0.4 is 5.73 Å². The zero-order valence-corrected chi connectivity index (χ0v) is 12.6. The lowest BCUT2D eigenvalue weighted by molar-refractivity contribution is 0.324. The van der Waals surface area contributed by atoms with Gasteiger partial charge in [-0.25, -0.2) is 0 Å². The highest BCUT2D eigenvalue weighted by Gasteiger charge is 2.28. The normalized spacial score (nSPS) is 19.4. The Bertz CT molecular complexity index is 573. The standard InChI is InChI=1S/C13H21N5S/c1-13(2,3)9(14)11-17-18-10(8-6-4-5-7-8)15-16-12(18)19-11/h8-9H,4-7,14H2,1-3H3. The molecule has 1 aliphatic carbocycles. The van der Waals surface area contributed by atoms with Crippen LogP contribution in [0.5, 0.6) is 0 Å². The summed E-state index contributed by atoms with van der Waals surface area (Å²) in [4.78, 5) is 0.872. The van der Waals surface area contributed by atoms with E-state index in [9.17, 15) is 0 Å². The van der Waals surface area contributed by atoms with E-state index in [4.69, 9.17) is 5.73 Å². The van der Waals surface area contributed by atoms with Gasteiger partial charge in [-0.05, 0) is 18.3 Å². The van der Waals surface area contributed by atoms with Crippen molar-refractivity contribution in [2.75, 3.05) is 0 Å². The second-order valence-electron chi connectivity index (χ2n) is 6.52. The first-order valence-corrected chi connectivity index (χ1v) is 7.76. The van der Waals surface area contributed by atoms with E-state index in [-0.39, 0.29) is 11.5 Å². The van der Waals surface area contributed by atoms with Crippen LogP contribution in [0, 0.1) is 5.41 Å². The van der Waals surface area contributed by atoms with E-state index in [1.54, 1.807) is 11.3 Å². The maximum Gasteiger partial charge on any atom is 0.234 e. The van der Waals surface area contributed by atoms with Gasteiger partial charge < -0.3 is 5.73 Å². The number of rotatable bonds is 2. The highest BCUT2D eigenvalue weighted by molar-refractivity contribution is 7.16. The first kappa shape index (κ1) is 13.0. The van der Waals surface area contributed by atoms with Gasteiger partial charge in [0.2, 0.25) is 4.96 Å². The van der Waals surface area contributed by atoms with Gasteiger partial charge in [-0.3, -0.25) is 0 Å². The van der Waals surface area contributed by atoms with Crippen molar-refractivity contribution in [1.29, 1.82) is 0 Å². The smallest absolute Gasteiger partial charge is 0.234 e. The third kappa shape index (κ3) is 2.27. The van der Waals surface area contributed by atoms with E-state index >= 15 is 0 Å². The Morgan fingerprint density at radius 1 is 1.26 bits per heavy atom. The predicted molar refractivity (Wildman–Crippen MR) is 76.3 cm³/mol. The van der Waals surface area contributed by atoms with Crippen LogP contribution in [0.4, 0.5) is 0 Å². The van der Waals surface area contributed by atoms with Crippen molar-refractivity contribution in [3.8, 4) is 0 Å². The fraction of sp³-hybridized carbons (Fsp3) is 0.769. The minimum absolute atomic E-state index is 0.0107. The van der Waals surface area contributed by atoms with Crippen LogP contribution in [0.15, 0.2) is 0 Å². The molecule has 0 amide bonds. The molecule has 1 unspecified atom stereocenters. The Balaban J connectivity index is 1.97. The monoisotopic (exact) mass is 279 g/mol. The number of nitrogens with zero attached hydrogens (tertiary/aromatic N) is 4. The van der Waals surface area contributed by atoms with Gasteiger partial charge >= 0.3 is 0 Å². The molecule has 1 atom stereocenters. The third-order valence-corrected chi connectivity index (χ3v) is 4.93. The quantitative estimate of drug-likeness (QED) is 0.917. The molecule has 2 N–H and O–H groups in total. The van der Waals surface area contributed by atoms with E-state index in [2.05, 4.69) is 36.1 Å². The Morgan fingerprint density at radius 2 is 1.95 bits per heavy atom. The molecule has 19 heavy (non-hydrogen) atoms. The summed E-state index contributed by atoms with van der Waals surface area (Å²) in [6.45, 7) is 6.41. The molecular weight excluding hydrogens is 258 g/mol. The Morgan fingerprint density at radius 3 is 2.58 bits per heavy atom. The third-order valence-electron chi connectivity index (χ3n) is 3.95. The molecular formula is C13H21N5S. The summed E-state index contributed by atoms with van der Waals surface area (Å²) in [5, 5.41) is 14.2. The van der Waals surface area contributed by atoms with Gasteiger partial charge in [-0.15, -0.1) is 10.2 Å². The van der Waals surface area contributed by atoms with E-state index in [1.165, 1.54) is 25.7 Å². The highest BCUT2D eigenvalue weighted by Crippen LogP contribution is 2.36. The van der Waals surface area contributed by atoms with Crippen molar-refractivity contribution in [3.05, 3.63) is 10.8 Å². The molecule has 0 aromatic carbocycles. The van der Waals surface area contributed by atoms with Crippen LogP contribution in [0.1, 0.15) is 69.2 Å². The number of aromatic nitrogens is 4. The first-order valence-electron chi connectivity index (χ1n) is 6.94. The van der Waals surface area contributed by atoms with Crippen molar-refractivity contribution < 1.29 is 0 Å².